The molecule has 0 aromatic rings. The van der Waals surface area contributed by atoms with Crippen LogP contribution in [0.15, 0.2) is 4.99 Å². The van der Waals surface area contributed by atoms with E-state index < -0.39 is 0 Å². The Balaban J connectivity index is 1.84. The minimum Gasteiger partial charge on any atom is -0.379 e. The number of rotatable bonds is 6. The lowest BCUT2D eigenvalue weighted by Gasteiger charge is -2.34. The zero-order valence-corrected chi connectivity index (χ0v) is 15.1. The molecule has 1 saturated carbocycles. The lowest BCUT2D eigenvalue weighted by molar-refractivity contribution is 0.0143. The van der Waals surface area contributed by atoms with Crippen molar-refractivity contribution in [2.24, 2.45) is 16.6 Å². The highest BCUT2D eigenvalue weighted by molar-refractivity contribution is 5.78. The number of nitrogens with one attached hydrogen (secondary N) is 1. The van der Waals surface area contributed by atoms with Gasteiger partial charge < -0.3 is 15.8 Å². The second kappa shape index (κ2) is 10.1. The number of ether oxygens (including phenoxy) is 1. The van der Waals surface area contributed by atoms with Crippen molar-refractivity contribution in [2.45, 2.75) is 70.9 Å². The molecule has 0 radical (unpaired) electrons. The van der Waals surface area contributed by atoms with E-state index in [2.05, 4.69) is 29.1 Å². The second-order valence-corrected chi connectivity index (χ2v) is 7.49. The predicted octanol–water partition coefficient (Wildman–Crippen LogP) is 2.36. The molecule has 0 spiro atoms. The van der Waals surface area contributed by atoms with Crippen molar-refractivity contribution < 1.29 is 4.74 Å². The van der Waals surface area contributed by atoms with Crippen LogP contribution in [-0.2, 0) is 4.74 Å². The van der Waals surface area contributed by atoms with Gasteiger partial charge in [-0.2, -0.15) is 0 Å². The normalized spacial score (nSPS) is 23.7. The molecule has 23 heavy (non-hydrogen) atoms. The van der Waals surface area contributed by atoms with E-state index in [9.17, 15) is 0 Å². The van der Waals surface area contributed by atoms with Crippen LogP contribution < -0.4 is 11.1 Å². The molecule has 1 atom stereocenters. The van der Waals surface area contributed by atoms with Crippen LogP contribution in [0.4, 0.5) is 0 Å². The van der Waals surface area contributed by atoms with E-state index in [1.165, 1.54) is 44.9 Å². The van der Waals surface area contributed by atoms with E-state index in [-0.39, 0.29) is 0 Å². The Hall–Kier alpha value is -0.810. The third-order valence-electron chi connectivity index (χ3n) is 4.99. The first-order chi connectivity index (χ1) is 11.1. The van der Waals surface area contributed by atoms with Crippen LogP contribution in [0.2, 0.25) is 0 Å². The highest BCUT2D eigenvalue weighted by Gasteiger charge is 2.22. The number of aliphatic imine (C=N–C) groups is 1. The predicted molar refractivity (Wildman–Crippen MR) is 96.8 cm³/mol. The minimum absolute atomic E-state index is 0.480. The van der Waals surface area contributed by atoms with E-state index in [1.807, 2.05) is 0 Å². The van der Waals surface area contributed by atoms with E-state index in [4.69, 9.17) is 10.5 Å². The average molecular weight is 325 g/mol. The minimum atomic E-state index is 0.480. The summed E-state index contributed by atoms with van der Waals surface area (Å²) in [5.41, 5.74) is 6.16. The van der Waals surface area contributed by atoms with E-state index in [1.54, 1.807) is 0 Å². The average Bonchev–Trinajstić information content (AvgIpc) is 2.80. The Morgan fingerprint density at radius 2 is 1.83 bits per heavy atom. The van der Waals surface area contributed by atoms with Crippen LogP contribution in [0.25, 0.3) is 0 Å². The third-order valence-corrected chi connectivity index (χ3v) is 4.99. The fraction of sp³-hybridized carbons (Fsp3) is 0.944. The monoisotopic (exact) mass is 324 g/mol. The number of morpholine rings is 1. The largest absolute Gasteiger partial charge is 0.379 e. The zero-order valence-electron chi connectivity index (χ0n) is 15.1. The maximum absolute atomic E-state index is 6.16. The summed E-state index contributed by atoms with van der Waals surface area (Å²) in [6, 6.07) is 1.00. The Kier molecular flexibility index (Phi) is 8.17. The van der Waals surface area contributed by atoms with Gasteiger partial charge in [0.2, 0.25) is 0 Å². The smallest absolute Gasteiger partial charge is 0.188 e. The third kappa shape index (κ3) is 7.08. The summed E-state index contributed by atoms with van der Waals surface area (Å²) < 4.78 is 5.48. The maximum Gasteiger partial charge on any atom is 0.188 e. The van der Waals surface area contributed by atoms with Crippen molar-refractivity contribution in [1.82, 2.24) is 10.2 Å². The zero-order chi connectivity index (χ0) is 16.5. The first-order valence-electron chi connectivity index (χ1n) is 9.53. The highest BCUT2D eigenvalue weighted by atomic mass is 16.5. The summed E-state index contributed by atoms with van der Waals surface area (Å²) in [7, 11) is 0. The molecule has 0 bridgehead atoms. The summed E-state index contributed by atoms with van der Waals surface area (Å²) in [5.74, 6) is 1.31. The molecule has 5 heteroatoms. The van der Waals surface area contributed by atoms with Crippen LogP contribution in [-0.4, -0.2) is 55.8 Å². The van der Waals surface area contributed by atoms with E-state index in [0.717, 1.165) is 32.8 Å². The molecule has 1 saturated heterocycles. The molecule has 134 valence electrons. The molecule has 0 amide bonds. The molecular weight excluding hydrogens is 288 g/mol. The van der Waals surface area contributed by atoms with Gasteiger partial charge in [-0.1, -0.05) is 39.5 Å². The Bertz CT molecular complexity index is 345. The molecule has 1 aliphatic carbocycles. The second-order valence-electron chi connectivity index (χ2n) is 7.49. The van der Waals surface area contributed by atoms with Gasteiger partial charge in [0.25, 0.3) is 0 Å². The summed E-state index contributed by atoms with van der Waals surface area (Å²) in [5, 5.41) is 3.45. The van der Waals surface area contributed by atoms with Gasteiger partial charge in [0.15, 0.2) is 5.96 Å². The van der Waals surface area contributed by atoms with E-state index >= 15 is 0 Å². The summed E-state index contributed by atoms with van der Waals surface area (Å²) >= 11 is 0. The molecule has 1 heterocycles. The molecule has 2 rings (SSSR count). The molecule has 2 fully saturated rings. The van der Waals surface area contributed by atoms with Gasteiger partial charge in [-0.3, -0.25) is 9.89 Å². The van der Waals surface area contributed by atoms with Gasteiger partial charge in [0, 0.05) is 25.2 Å². The fourth-order valence-corrected chi connectivity index (χ4v) is 3.71. The van der Waals surface area contributed by atoms with Crippen molar-refractivity contribution in [1.29, 1.82) is 0 Å². The summed E-state index contributed by atoms with van der Waals surface area (Å²) in [6.45, 7) is 9.08. The number of hydrogen-bond acceptors (Lipinski definition) is 3. The molecule has 0 aromatic heterocycles. The van der Waals surface area contributed by atoms with Crippen molar-refractivity contribution in [2.75, 3.05) is 32.8 Å². The van der Waals surface area contributed by atoms with Crippen molar-refractivity contribution in [3.63, 3.8) is 0 Å². The SMILES string of the molecule is CC(C)CC(CN=C(N)NC1CCCCCC1)N1CCOCC1. The van der Waals surface area contributed by atoms with Gasteiger partial charge in [0.1, 0.15) is 0 Å². The first kappa shape index (κ1) is 18.5. The number of nitrogens with two attached hydrogens (primary N) is 1. The maximum atomic E-state index is 6.16. The van der Waals surface area contributed by atoms with Crippen molar-refractivity contribution >= 4 is 5.96 Å². The van der Waals surface area contributed by atoms with Crippen LogP contribution in [0.5, 0.6) is 0 Å². The molecule has 3 N–H and O–H groups in total. The van der Waals surface area contributed by atoms with Gasteiger partial charge in [-0.05, 0) is 25.2 Å². The van der Waals surface area contributed by atoms with Gasteiger partial charge >= 0.3 is 0 Å². The van der Waals surface area contributed by atoms with Gasteiger partial charge in [0.05, 0.1) is 19.8 Å². The van der Waals surface area contributed by atoms with Crippen molar-refractivity contribution in [3.05, 3.63) is 0 Å². The molecule has 2 aliphatic rings. The fourth-order valence-electron chi connectivity index (χ4n) is 3.71. The van der Waals surface area contributed by atoms with Crippen molar-refractivity contribution in [3.8, 4) is 0 Å². The van der Waals surface area contributed by atoms with E-state index in [0.29, 0.717) is 24.0 Å². The molecule has 1 aliphatic heterocycles. The van der Waals surface area contributed by atoms with Crippen LogP contribution in [0, 0.1) is 5.92 Å². The number of guanidine groups is 1. The number of nitrogens with zero attached hydrogens (tertiary/aromatic N) is 2. The molecule has 0 aromatic carbocycles. The Morgan fingerprint density at radius 3 is 2.43 bits per heavy atom. The molecule has 1 unspecified atom stereocenters. The van der Waals surface area contributed by atoms with Crippen LogP contribution >= 0.6 is 0 Å². The van der Waals surface area contributed by atoms with Crippen LogP contribution in [0.1, 0.15) is 58.8 Å². The topological polar surface area (TPSA) is 62.9 Å². The van der Waals surface area contributed by atoms with Crippen LogP contribution in [0.3, 0.4) is 0 Å². The van der Waals surface area contributed by atoms with Gasteiger partial charge in [-0.25, -0.2) is 0 Å². The summed E-state index contributed by atoms with van der Waals surface area (Å²) in [4.78, 5) is 7.20. The van der Waals surface area contributed by atoms with Gasteiger partial charge in [-0.15, -0.1) is 0 Å². The Morgan fingerprint density at radius 1 is 1.17 bits per heavy atom. The molecular formula is C18H36N4O. The molecule has 5 nitrogen and oxygen atoms in total. The standard InChI is InChI=1S/C18H36N4O/c1-15(2)13-17(22-9-11-23-12-10-22)14-20-18(19)21-16-7-5-3-4-6-8-16/h15-17H,3-14H2,1-2H3,(H3,19,20,21). The summed E-state index contributed by atoms with van der Waals surface area (Å²) in [6.07, 6.45) is 8.99. The highest BCUT2D eigenvalue weighted by Crippen LogP contribution is 2.17. The first-order valence-corrected chi connectivity index (χ1v) is 9.53. The quantitative estimate of drug-likeness (QED) is 0.447. The Labute approximate surface area is 142 Å². The lowest BCUT2D eigenvalue weighted by Crippen LogP contribution is -2.46. The number of hydrogen-bond donors (Lipinski definition) is 2. The lowest BCUT2D eigenvalue weighted by atomic mass is 10.0.